The topological polar surface area (TPSA) is 70.2 Å². The van der Waals surface area contributed by atoms with E-state index in [1.165, 1.54) is 37.7 Å². The molecular weight excluding hydrogens is 466 g/mol. The van der Waals surface area contributed by atoms with Crippen LogP contribution in [-0.2, 0) is 6.42 Å². The maximum absolute atomic E-state index is 5.02. The molecule has 0 radical (unpaired) electrons. The number of hydrogen-bond donors (Lipinski definition) is 2. The molecule has 2 N–H and O–H groups in total. The zero-order valence-corrected chi connectivity index (χ0v) is 21.9. The summed E-state index contributed by atoms with van der Waals surface area (Å²) >= 11 is 0. The fraction of sp³-hybridized carbons (Fsp3) is 0.242. The van der Waals surface area contributed by atoms with Gasteiger partial charge in [-0.2, -0.15) is 0 Å². The fourth-order valence-electron chi connectivity index (χ4n) is 5.30. The fourth-order valence-corrected chi connectivity index (χ4v) is 5.30. The van der Waals surface area contributed by atoms with Crippen molar-refractivity contribution >= 4 is 46.4 Å². The highest BCUT2D eigenvalue weighted by molar-refractivity contribution is 5.93. The van der Waals surface area contributed by atoms with Gasteiger partial charge in [0.25, 0.3) is 0 Å². The first kappa shape index (κ1) is 24.1. The first-order valence-corrected chi connectivity index (χ1v) is 13.8. The van der Waals surface area contributed by atoms with Crippen LogP contribution in [0.5, 0.6) is 0 Å². The smallest absolute Gasteiger partial charge is 0.0691 e. The number of rotatable bonds is 8. The summed E-state index contributed by atoms with van der Waals surface area (Å²) in [7, 11) is 0. The number of aromatic nitrogens is 5. The highest BCUT2D eigenvalue weighted by Crippen LogP contribution is 2.29. The van der Waals surface area contributed by atoms with Gasteiger partial charge < -0.3 is 9.97 Å². The number of aromatic amines is 2. The summed E-state index contributed by atoms with van der Waals surface area (Å²) in [5, 5.41) is 0. The van der Waals surface area contributed by atoms with Crippen LogP contribution in [0.15, 0.2) is 60.9 Å². The lowest BCUT2D eigenvalue weighted by atomic mass is 10.0. The molecule has 4 aromatic rings. The van der Waals surface area contributed by atoms with Gasteiger partial charge in [0, 0.05) is 45.6 Å². The van der Waals surface area contributed by atoms with Crippen molar-refractivity contribution in [1.29, 1.82) is 0 Å². The van der Waals surface area contributed by atoms with Gasteiger partial charge in [-0.25, -0.2) is 9.97 Å². The minimum absolute atomic E-state index is 0.951. The second-order valence-corrected chi connectivity index (χ2v) is 10.1. The van der Waals surface area contributed by atoms with Gasteiger partial charge in [-0.15, -0.1) is 0 Å². The summed E-state index contributed by atoms with van der Waals surface area (Å²) in [5.41, 5.74) is 11.5. The Bertz CT molecular complexity index is 1560. The third-order valence-corrected chi connectivity index (χ3v) is 7.25. The molecular formula is C33H33N5. The summed E-state index contributed by atoms with van der Waals surface area (Å²) in [6.45, 7) is 2.26. The van der Waals surface area contributed by atoms with Crippen molar-refractivity contribution in [3.05, 3.63) is 89.3 Å². The summed E-state index contributed by atoms with van der Waals surface area (Å²) in [6, 6.07) is 16.8. The van der Waals surface area contributed by atoms with E-state index in [1.807, 2.05) is 24.5 Å². The molecule has 5 nitrogen and oxygen atoms in total. The minimum atomic E-state index is 0.951. The molecule has 2 aliphatic heterocycles. The van der Waals surface area contributed by atoms with Gasteiger partial charge in [-0.1, -0.05) is 39.0 Å². The second-order valence-electron chi connectivity index (χ2n) is 10.1. The molecule has 5 heteroatoms. The predicted octanol–water partition coefficient (Wildman–Crippen LogP) is 8.62. The average Bonchev–Trinajstić information content (AvgIpc) is 3.74. The Kier molecular flexibility index (Phi) is 6.99. The molecule has 0 fully saturated rings. The van der Waals surface area contributed by atoms with Crippen molar-refractivity contribution in [2.24, 2.45) is 0 Å². The van der Waals surface area contributed by atoms with Gasteiger partial charge in [0.15, 0.2) is 0 Å². The van der Waals surface area contributed by atoms with E-state index in [9.17, 15) is 0 Å². The third kappa shape index (κ3) is 5.23. The van der Waals surface area contributed by atoms with E-state index in [0.29, 0.717) is 0 Å². The van der Waals surface area contributed by atoms with E-state index in [4.69, 9.17) is 9.97 Å². The SMILES string of the molecule is CCCCCCCCc1c2nc(cc3ccc([nH]3)c(-c3ccncc3)c3ccc(cc4nc1C=C4)[nH]3)C=C2. The summed E-state index contributed by atoms with van der Waals surface area (Å²) in [5.74, 6) is 0. The highest BCUT2D eigenvalue weighted by atomic mass is 14.8. The van der Waals surface area contributed by atoms with Crippen LogP contribution in [0.2, 0.25) is 0 Å². The van der Waals surface area contributed by atoms with Crippen molar-refractivity contribution in [3.63, 3.8) is 0 Å². The molecule has 0 aliphatic carbocycles. The molecule has 0 saturated heterocycles. The minimum Gasteiger partial charge on any atom is -0.355 e. The second kappa shape index (κ2) is 11.0. The first-order chi connectivity index (χ1) is 18.8. The molecule has 0 aromatic carbocycles. The van der Waals surface area contributed by atoms with Gasteiger partial charge in [0.1, 0.15) is 0 Å². The van der Waals surface area contributed by atoms with E-state index >= 15 is 0 Å². The van der Waals surface area contributed by atoms with Gasteiger partial charge >= 0.3 is 0 Å². The molecule has 8 bridgehead atoms. The number of unbranched alkanes of at least 4 members (excludes halogenated alkanes) is 5. The molecule has 0 amide bonds. The molecule has 6 rings (SSSR count). The lowest BCUT2D eigenvalue weighted by molar-refractivity contribution is 0.606. The number of hydrogen-bond acceptors (Lipinski definition) is 3. The largest absolute Gasteiger partial charge is 0.355 e. The van der Waals surface area contributed by atoms with Crippen LogP contribution in [0.4, 0.5) is 0 Å². The van der Waals surface area contributed by atoms with Crippen LogP contribution < -0.4 is 0 Å². The van der Waals surface area contributed by atoms with Crippen molar-refractivity contribution in [2.45, 2.75) is 51.9 Å². The number of pyridine rings is 1. The van der Waals surface area contributed by atoms with Crippen LogP contribution in [0.25, 0.3) is 57.5 Å². The average molecular weight is 500 g/mol. The Hall–Kier alpha value is -4.25. The van der Waals surface area contributed by atoms with Gasteiger partial charge in [0.05, 0.1) is 22.8 Å². The molecule has 4 aromatic heterocycles. The molecule has 6 heterocycles. The summed E-state index contributed by atoms with van der Waals surface area (Å²) in [6.07, 6.45) is 20.8. The van der Waals surface area contributed by atoms with E-state index in [-0.39, 0.29) is 0 Å². The number of nitrogens with one attached hydrogen (secondary N) is 2. The maximum Gasteiger partial charge on any atom is 0.0691 e. The first-order valence-electron chi connectivity index (χ1n) is 13.8. The third-order valence-electron chi connectivity index (χ3n) is 7.25. The van der Waals surface area contributed by atoms with Crippen molar-refractivity contribution in [3.8, 4) is 11.1 Å². The molecule has 2 aliphatic rings. The Labute approximate surface area is 223 Å². The van der Waals surface area contributed by atoms with E-state index in [1.54, 1.807) is 0 Å². The van der Waals surface area contributed by atoms with Crippen LogP contribution in [-0.4, -0.2) is 24.9 Å². The van der Waals surface area contributed by atoms with Crippen LogP contribution in [0.3, 0.4) is 0 Å². The Morgan fingerprint density at radius 1 is 0.632 bits per heavy atom. The quantitative estimate of drug-likeness (QED) is 0.206. The van der Waals surface area contributed by atoms with E-state index in [2.05, 4.69) is 82.6 Å². The molecule has 0 saturated carbocycles. The molecule has 38 heavy (non-hydrogen) atoms. The van der Waals surface area contributed by atoms with Crippen LogP contribution in [0.1, 0.15) is 73.8 Å². The summed E-state index contributed by atoms with van der Waals surface area (Å²) < 4.78 is 0. The van der Waals surface area contributed by atoms with E-state index in [0.717, 1.165) is 68.8 Å². The molecule has 190 valence electrons. The lowest BCUT2D eigenvalue weighted by Gasteiger charge is -2.05. The maximum atomic E-state index is 5.02. The highest BCUT2D eigenvalue weighted by Gasteiger charge is 2.12. The number of fused-ring (bicyclic) bond motifs is 8. The van der Waals surface area contributed by atoms with Crippen LogP contribution >= 0.6 is 0 Å². The number of nitrogens with zero attached hydrogens (tertiary/aromatic N) is 3. The Morgan fingerprint density at radius 3 is 1.82 bits per heavy atom. The molecule has 0 spiro atoms. The van der Waals surface area contributed by atoms with Crippen molar-refractivity contribution < 1.29 is 0 Å². The standard InChI is InChI=1S/C33H33N5/c1-2-3-4-5-6-7-8-28-29-13-9-24(35-29)21-26-11-15-31(37-26)33(23-17-19-34-20-18-23)32-16-12-27(38-32)22-25-10-14-30(28)36-25/h9-22,37-38H,2-8H2,1H3. The Balaban J connectivity index is 1.51. The Morgan fingerprint density at radius 2 is 1.21 bits per heavy atom. The van der Waals surface area contributed by atoms with Crippen molar-refractivity contribution in [2.75, 3.05) is 0 Å². The number of H-pyrrole nitrogens is 2. The molecule has 0 atom stereocenters. The van der Waals surface area contributed by atoms with Gasteiger partial charge in [0.2, 0.25) is 0 Å². The monoisotopic (exact) mass is 499 g/mol. The predicted molar refractivity (Wildman–Crippen MR) is 159 cm³/mol. The normalized spacial score (nSPS) is 12.3. The zero-order valence-electron chi connectivity index (χ0n) is 21.9. The van der Waals surface area contributed by atoms with E-state index < -0.39 is 0 Å². The van der Waals surface area contributed by atoms with Crippen LogP contribution in [0, 0.1) is 0 Å². The van der Waals surface area contributed by atoms with Gasteiger partial charge in [-0.3, -0.25) is 4.98 Å². The zero-order chi connectivity index (χ0) is 25.7. The summed E-state index contributed by atoms with van der Waals surface area (Å²) in [4.78, 5) is 21.5. The molecule has 0 unspecified atom stereocenters. The van der Waals surface area contributed by atoms with Gasteiger partial charge in [-0.05, 0) is 91.2 Å². The van der Waals surface area contributed by atoms with Crippen molar-refractivity contribution in [1.82, 2.24) is 24.9 Å². The lowest BCUT2D eigenvalue weighted by Crippen LogP contribution is -1.95.